The van der Waals surface area contributed by atoms with Crippen molar-refractivity contribution in [2.24, 2.45) is 0 Å². The molecule has 0 atom stereocenters. The Morgan fingerprint density at radius 3 is 2.19 bits per heavy atom. The summed E-state index contributed by atoms with van der Waals surface area (Å²) in [7, 11) is 3.26. The molecule has 258 valence electrons. The summed E-state index contributed by atoms with van der Waals surface area (Å²) in [6, 6.07) is 13.4. The fourth-order valence-corrected chi connectivity index (χ4v) is 6.07. The number of amides is 1. The molecule has 0 aliphatic carbocycles. The second-order valence-electron chi connectivity index (χ2n) is 10.8. The van der Waals surface area contributed by atoms with Crippen LogP contribution in [0.2, 0.25) is 0 Å². The molecule has 0 spiro atoms. The lowest BCUT2D eigenvalue weighted by atomic mass is 9.96. The molecule has 0 radical (unpaired) electrons. The van der Waals surface area contributed by atoms with Crippen molar-refractivity contribution in [1.29, 1.82) is 0 Å². The molecule has 0 saturated carbocycles. The number of benzene rings is 2. The summed E-state index contributed by atoms with van der Waals surface area (Å²) in [5.41, 5.74) is -0.114. The Bertz CT molecular complexity index is 1590. The summed E-state index contributed by atoms with van der Waals surface area (Å²) in [4.78, 5) is 53.4. The summed E-state index contributed by atoms with van der Waals surface area (Å²) >= 11 is 1.43. The second kappa shape index (κ2) is 16.4. The standard InChI is InChI=1S/C26H29N3O5S.C6H8O7/c1-31-20-6-3-18(4-7-20)25-27-21-9-10-29(26(30)24(21)35-25)19-5-8-22(23(17-19)32-2)34-16-13-28-11-14-33-15-12-28;7-3(8)1-6(13,5(11)12)2-4(9)10/h3-8,17H,9-16H2,1-2H3;13H,1-2H2,(H,7,8)(H,9,10)(H,11,12). The molecule has 2 aromatic carbocycles. The van der Waals surface area contributed by atoms with Gasteiger partial charge in [0.15, 0.2) is 17.1 Å². The van der Waals surface area contributed by atoms with Crippen LogP contribution in [0, 0.1) is 0 Å². The molecular formula is C32H37N3O12S. The third-order valence-electron chi connectivity index (χ3n) is 7.56. The van der Waals surface area contributed by atoms with E-state index < -0.39 is 36.4 Å². The van der Waals surface area contributed by atoms with Crippen molar-refractivity contribution in [3.8, 4) is 27.8 Å². The highest BCUT2D eigenvalue weighted by Gasteiger charge is 2.40. The molecule has 0 unspecified atom stereocenters. The number of rotatable bonds is 13. The van der Waals surface area contributed by atoms with Gasteiger partial charge in [-0.1, -0.05) is 0 Å². The summed E-state index contributed by atoms with van der Waals surface area (Å²) in [5.74, 6) is -2.97. The van der Waals surface area contributed by atoms with Crippen molar-refractivity contribution < 1.29 is 58.6 Å². The molecule has 1 fully saturated rings. The van der Waals surface area contributed by atoms with Crippen molar-refractivity contribution >= 4 is 40.8 Å². The van der Waals surface area contributed by atoms with Crippen LogP contribution in [0.3, 0.4) is 0 Å². The topological polar surface area (TPSA) is 205 Å². The Kier molecular flexibility index (Phi) is 12.3. The zero-order valence-corrected chi connectivity index (χ0v) is 27.2. The van der Waals surface area contributed by atoms with Gasteiger partial charge >= 0.3 is 17.9 Å². The number of morpholine rings is 1. The van der Waals surface area contributed by atoms with Gasteiger partial charge in [-0.15, -0.1) is 11.3 Å². The van der Waals surface area contributed by atoms with E-state index >= 15 is 0 Å². The second-order valence-corrected chi connectivity index (χ2v) is 11.8. The summed E-state index contributed by atoms with van der Waals surface area (Å²) in [5, 5.41) is 34.7. The molecule has 0 bridgehead atoms. The quantitative estimate of drug-likeness (QED) is 0.204. The number of aliphatic carboxylic acids is 3. The number of carboxylic acid groups (broad SMARTS) is 3. The van der Waals surface area contributed by atoms with Crippen molar-refractivity contribution in [3.05, 3.63) is 53.0 Å². The van der Waals surface area contributed by atoms with E-state index in [1.807, 2.05) is 42.5 Å². The molecule has 2 aliphatic heterocycles. The van der Waals surface area contributed by atoms with Crippen LogP contribution in [0.25, 0.3) is 10.6 Å². The largest absolute Gasteiger partial charge is 0.497 e. The number of nitrogens with zero attached hydrogens (tertiary/aromatic N) is 3. The summed E-state index contributed by atoms with van der Waals surface area (Å²) < 4.78 is 22.2. The summed E-state index contributed by atoms with van der Waals surface area (Å²) in [6.45, 7) is 5.36. The Labute approximate surface area is 279 Å². The maximum atomic E-state index is 13.4. The molecule has 1 aromatic heterocycles. The molecular weight excluding hydrogens is 650 g/mol. The number of carboxylic acids is 3. The van der Waals surface area contributed by atoms with Crippen LogP contribution in [0.15, 0.2) is 42.5 Å². The number of hydrogen-bond acceptors (Lipinski definition) is 12. The van der Waals surface area contributed by atoms with Crippen LogP contribution >= 0.6 is 11.3 Å². The molecule has 48 heavy (non-hydrogen) atoms. The lowest BCUT2D eigenvalue weighted by Crippen LogP contribution is -2.42. The average Bonchev–Trinajstić information content (AvgIpc) is 3.51. The van der Waals surface area contributed by atoms with Crippen LogP contribution in [-0.4, -0.2) is 120 Å². The van der Waals surface area contributed by atoms with Gasteiger partial charge < -0.3 is 44.3 Å². The van der Waals surface area contributed by atoms with Crippen LogP contribution in [0.5, 0.6) is 17.2 Å². The number of carbonyl (C=O) groups excluding carboxylic acids is 1. The number of methoxy groups -OCH3 is 2. The molecule has 4 N–H and O–H groups in total. The molecule has 3 aromatic rings. The van der Waals surface area contributed by atoms with Crippen molar-refractivity contribution in [2.45, 2.75) is 24.9 Å². The number of thiazole rings is 1. The Morgan fingerprint density at radius 2 is 1.60 bits per heavy atom. The van der Waals surface area contributed by atoms with Gasteiger partial charge in [0.05, 0.1) is 46.0 Å². The SMILES string of the molecule is COc1ccc(-c2nc3c(s2)C(=O)N(c2ccc(OCCN4CCOCC4)c(OC)c2)CC3)cc1.O=C(O)CC(O)(CC(=O)O)C(=O)O. The average molecular weight is 688 g/mol. The van der Waals surface area contributed by atoms with Gasteiger partial charge in [-0.3, -0.25) is 19.3 Å². The highest BCUT2D eigenvalue weighted by atomic mass is 32.1. The van der Waals surface area contributed by atoms with E-state index in [1.54, 1.807) is 19.1 Å². The third kappa shape index (κ3) is 9.19. The molecule has 5 rings (SSSR count). The normalized spacial score (nSPS) is 14.7. The van der Waals surface area contributed by atoms with E-state index in [1.165, 1.54) is 11.3 Å². The number of carbonyl (C=O) groups is 4. The monoisotopic (exact) mass is 687 g/mol. The first-order valence-corrected chi connectivity index (χ1v) is 15.7. The van der Waals surface area contributed by atoms with Crippen molar-refractivity contribution in [2.75, 3.05) is 65.1 Å². The first-order valence-electron chi connectivity index (χ1n) is 14.9. The van der Waals surface area contributed by atoms with Crippen LogP contribution in [-0.2, 0) is 25.5 Å². The maximum absolute atomic E-state index is 13.4. The van der Waals surface area contributed by atoms with Crippen LogP contribution < -0.4 is 19.1 Å². The molecule has 15 nitrogen and oxygen atoms in total. The molecule has 1 saturated heterocycles. The zero-order valence-electron chi connectivity index (χ0n) is 26.4. The lowest BCUT2D eigenvalue weighted by Gasteiger charge is -2.27. The van der Waals surface area contributed by atoms with Gasteiger partial charge in [0.1, 0.15) is 22.2 Å². The number of hydrogen-bond donors (Lipinski definition) is 4. The smallest absolute Gasteiger partial charge is 0.336 e. The van der Waals surface area contributed by atoms with E-state index in [0.29, 0.717) is 35.9 Å². The van der Waals surface area contributed by atoms with Gasteiger partial charge in [0.2, 0.25) is 0 Å². The minimum absolute atomic E-state index is 0.0356. The number of ether oxygens (including phenoxy) is 4. The van der Waals surface area contributed by atoms with Gasteiger partial charge in [-0.25, -0.2) is 9.78 Å². The van der Waals surface area contributed by atoms with E-state index in [9.17, 15) is 19.2 Å². The molecule has 3 heterocycles. The predicted molar refractivity (Wildman–Crippen MR) is 172 cm³/mol. The number of aliphatic hydroxyl groups is 1. The minimum atomic E-state index is -2.74. The fraction of sp³-hybridized carbons (Fsp3) is 0.406. The Balaban J connectivity index is 0.000000341. The van der Waals surface area contributed by atoms with E-state index in [4.69, 9.17) is 44.4 Å². The lowest BCUT2D eigenvalue weighted by molar-refractivity contribution is -0.170. The minimum Gasteiger partial charge on any atom is -0.497 e. The fourth-order valence-electron chi connectivity index (χ4n) is 5.00. The number of anilines is 1. The number of aromatic nitrogens is 1. The van der Waals surface area contributed by atoms with Gasteiger partial charge in [-0.05, 0) is 36.4 Å². The molecule has 16 heteroatoms. The van der Waals surface area contributed by atoms with Gasteiger partial charge in [-0.2, -0.15) is 0 Å². The first-order chi connectivity index (χ1) is 22.9. The van der Waals surface area contributed by atoms with E-state index in [2.05, 4.69) is 4.90 Å². The molecule has 1 amide bonds. The number of fused-ring (bicyclic) bond motifs is 1. The van der Waals surface area contributed by atoms with Crippen LogP contribution in [0.4, 0.5) is 5.69 Å². The molecule has 2 aliphatic rings. The van der Waals surface area contributed by atoms with E-state index in [-0.39, 0.29) is 5.91 Å². The first kappa shape index (κ1) is 36.1. The third-order valence-corrected chi connectivity index (χ3v) is 8.69. The van der Waals surface area contributed by atoms with Gasteiger partial charge in [0, 0.05) is 49.9 Å². The van der Waals surface area contributed by atoms with Gasteiger partial charge in [0.25, 0.3) is 5.91 Å². The van der Waals surface area contributed by atoms with Crippen molar-refractivity contribution in [1.82, 2.24) is 9.88 Å². The summed E-state index contributed by atoms with van der Waals surface area (Å²) in [6.07, 6.45) is -1.59. The highest BCUT2D eigenvalue weighted by Crippen LogP contribution is 2.37. The Hall–Kier alpha value is -4.77. The predicted octanol–water partition coefficient (Wildman–Crippen LogP) is 2.49. The van der Waals surface area contributed by atoms with Crippen LogP contribution in [0.1, 0.15) is 28.2 Å². The zero-order chi connectivity index (χ0) is 34.8. The van der Waals surface area contributed by atoms with Crippen molar-refractivity contribution in [3.63, 3.8) is 0 Å². The maximum Gasteiger partial charge on any atom is 0.336 e. The van der Waals surface area contributed by atoms with E-state index in [0.717, 1.165) is 60.5 Å². The Morgan fingerprint density at radius 1 is 0.938 bits per heavy atom. The highest BCUT2D eigenvalue weighted by molar-refractivity contribution is 7.17.